The lowest BCUT2D eigenvalue weighted by Gasteiger charge is -2.08. The van der Waals surface area contributed by atoms with E-state index >= 15 is 0 Å². The molecule has 0 amide bonds. The third kappa shape index (κ3) is 4.03. The van der Waals surface area contributed by atoms with Crippen molar-refractivity contribution in [2.24, 2.45) is 0 Å². The summed E-state index contributed by atoms with van der Waals surface area (Å²) < 4.78 is 10.2. The molecule has 0 radical (unpaired) electrons. The van der Waals surface area contributed by atoms with Gasteiger partial charge in [0.1, 0.15) is 0 Å². The van der Waals surface area contributed by atoms with Gasteiger partial charge in [0.15, 0.2) is 0 Å². The van der Waals surface area contributed by atoms with Crippen LogP contribution in [0.2, 0.25) is 0 Å². The molecule has 100 valence electrons. The quantitative estimate of drug-likeness (QED) is 0.674. The number of methoxy groups -OCH3 is 2. The van der Waals surface area contributed by atoms with E-state index in [1.54, 1.807) is 20.3 Å². The van der Waals surface area contributed by atoms with Crippen LogP contribution >= 0.6 is 0 Å². The molecule has 6 heteroatoms. The molecular weight excluding hydrogens is 232 g/mol. The van der Waals surface area contributed by atoms with Crippen molar-refractivity contribution in [1.29, 1.82) is 0 Å². The van der Waals surface area contributed by atoms with Crippen molar-refractivity contribution in [3.8, 4) is 11.8 Å². The van der Waals surface area contributed by atoms with Crippen LogP contribution in [0, 0.1) is 0 Å². The first-order chi connectivity index (χ1) is 8.81. The van der Waals surface area contributed by atoms with Crippen molar-refractivity contribution in [3.63, 3.8) is 0 Å². The molecule has 0 aliphatic heterocycles. The second-order valence-corrected chi connectivity index (χ2v) is 4.29. The van der Waals surface area contributed by atoms with Gasteiger partial charge in [0, 0.05) is 12.6 Å². The van der Waals surface area contributed by atoms with Crippen LogP contribution in [0.3, 0.4) is 0 Å². The Labute approximate surface area is 107 Å². The summed E-state index contributed by atoms with van der Waals surface area (Å²) in [6, 6.07) is 2.41. The summed E-state index contributed by atoms with van der Waals surface area (Å²) in [6.45, 7) is 1.86. The average molecular weight is 252 g/mol. The maximum absolute atomic E-state index is 5.08. The van der Waals surface area contributed by atoms with E-state index in [4.69, 9.17) is 9.47 Å². The summed E-state index contributed by atoms with van der Waals surface area (Å²) in [5.74, 6) is 1.54. The summed E-state index contributed by atoms with van der Waals surface area (Å²) >= 11 is 0. The minimum absolute atomic E-state index is 0.500. The van der Waals surface area contributed by atoms with E-state index in [0.717, 1.165) is 25.6 Å². The van der Waals surface area contributed by atoms with E-state index in [0.29, 0.717) is 17.7 Å². The lowest BCUT2D eigenvalue weighted by Crippen LogP contribution is -2.20. The zero-order valence-corrected chi connectivity index (χ0v) is 10.9. The molecule has 0 bridgehead atoms. The average Bonchev–Trinajstić information content (AvgIpc) is 3.22. The number of hydrogen-bond donors (Lipinski definition) is 2. The van der Waals surface area contributed by atoms with E-state index in [-0.39, 0.29) is 0 Å². The van der Waals surface area contributed by atoms with Crippen molar-refractivity contribution in [3.05, 3.63) is 6.07 Å². The van der Waals surface area contributed by atoms with Crippen molar-refractivity contribution in [2.75, 3.05) is 32.6 Å². The lowest BCUT2D eigenvalue weighted by atomic mass is 10.4. The zero-order chi connectivity index (χ0) is 12.8. The number of anilines is 1. The third-order valence-electron chi connectivity index (χ3n) is 2.74. The number of rotatable bonds is 8. The van der Waals surface area contributed by atoms with Crippen LogP contribution in [0.5, 0.6) is 11.8 Å². The van der Waals surface area contributed by atoms with Gasteiger partial charge in [-0.2, -0.15) is 9.97 Å². The number of aromatic nitrogens is 2. The number of hydrogen-bond acceptors (Lipinski definition) is 6. The van der Waals surface area contributed by atoms with Gasteiger partial charge < -0.3 is 20.1 Å². The highest BCUT2D eigenvalue weighted by atomic mass is 16.5. The second-order valence-electron chi connectivity index (χ2n) is 4.29. The predicted molar refractivity (Wildman–Crippen MR) is 69.3 cm³/mol. The summed E-state index contributed by atoms with van der Waals surface area (Å²) in [4.78, 5) is 8.40. The molecule has 1 aliphatic carbocycles. The van der Waals surface area contributed by atoms with E-state index in [9.17, 15) is 0 Å². The topological polar surface area (TPSA) is 68.3 Å². The van der Waals surface area contributed by atoms with Crippen molar-refractivity contribution >= 4 is 5.95 Å². The molecule has 2 N–H and O–H groups in total. The molecule has 1 heterocycles. The SMILES string of the molecule is COc1cc(OC)nc(NCCCNC2CC2)n1. The van der Waals surface area contributed by atoms with Crippen LogP contribution < -0.4 is 20.1 Å². The van der Waals surface area contributed by atoms with Crippen molar-refractivity contribution in [1.82, 2.24) is 15.3 Å². The zero-order valence-electron chi connectivity index (χ0n) is 10.9. The Kier molecular flexibility index (Phi) is 4.58. The highest BCUT2D eigenvalue weighted by molar-refractivity contribution is 5.33. The summed E-state index contributed by atoms with van der Waals surface area (Å²) in [7, 11) is 3.15. The Morgan fingerprint density at radius 3 is 2.39 bits per heavy atom. The van der Waals surface area contributed by atoms with E-state index in [1.807, 2.05) is 0 Å². The van der Waals surface area contributed by atoms with Crippen LogP contribution in [0.4, 0.5) is 5.95 Å². The molecule has 1 aromatic rings. The van der Waals surface area contributed by atoms with Crippen LogP contribution in [-0.2, 0) is 0 Å². The largest absolute Gasteiger partial charge is 0.481 e. The first kappa shape index (κ1) is 12.9. The normalized spacial score (nSPS) is 14.3. The van der Waals surface area contributed by atoms with Gasteiger partial charge in [-0.05, 0) is 25.8 Å². The van der Waals surface area contributed by atoms with Gasteiger partial charge in [0.2, 0.25) is 17.7 Å². The number of ether oxygens (including phenoxy) is 2. The van der Waals surface area contributed by atoms with E-state index < -0.39 is 0 Å². The maximum atomic E-state index is 5.08. The number of nitrogens with zero attached hydrogens (tertiary/aromatic N) is 2. The first-order valence-corrected chi connectivity index (χ1v) is 6.26. The molecule has 0 aromatic carbocycles. The lowest BCUT2D eigenvalue weighted by molar-refractivity contribution is 0.373. The van der Waals surface area contributed by atoms with Crippen LogP contribution in [0.1, 0.15) is 19.3 Å². The fraction of sp³-hybridized carbons (Fsp3) is 0.667. The molecule has 0 saturated heterocycles. The Morgan fingerprint density at radius 2 is 1.83 bits per heavy atom. The second kappa shape index (κ2) is 6.39. The van der Waals surface area contributed by atoms with Crippen molar-refractivity contribution in [2.45, 2.75) is 25.3 Å². The summed E-state index contributed by atoms with van der Waals surface area (Å²) in [5, 5.41) is 6.62. The van der Waals surface area contributed by atoms with Gasteiger partial charge in [-0.15, -0.1) is 0 Å². The van der Waals surface area contributed by atoms with Gasteiger partial charge >= 0.3 is 0 Å². The van der Waals surface area contributed by atoms with Gasteiger partial charge in [-0.25, -0.2) is 0 Å². The Hall–Kier alpha value is -1.56. The molecule has 18 heavy (non-hydrogen) atoms. The number of nitrogens with one attached hydrogen (secondary N) is 2. The monoisotopic (exact) mass is 252 g/mol. The van der Waals surface area contributed by atoms with E-state index in [1.165, 1.54) is 12.8 Å². The Morgan fingerprint density at radius 1 is 1.17 bits per heavy atom. The highest BCUT2D eigenvalue weighted by Gasteiger charge is 2.19. The molecule has 0 atom stereocenters. The van der Waals surface area contributed by atoms with Crippen LogP contribution in [0.15, 0.2) is 6.07 Å². The smallest absolute Gasteiger partial charge is 0.229 e. The van der Waals surface area contributed by atoms with Gasteiger partial charge in [-0.1, -0.05) is 0 Å². The minimum Gasteiger partial charge on any atom is -0.481 e. The van der Waals surface area contributed by atoms with Gasteiger partial charge in [0.05, 0.1) is 20.3 Å². The molecular formula is C12H20N4O2. The highest BCUT2D eigenvalue weighted by Crippen LogP contribution is 2.18. The minimum atomic E-state index is 0.500. The molecule has 1 fully saturated rings. The fourth-order valence-corrected chi connectivity index (χ4v) is 1.57. The van der Waals surface area contributed by atoms with Crippen LogP contribution in [0.25, 0.3) is 0 Å². The molecule has 0 spiro atoms. The van der Waals surface area contributed by atoms with Crippen molar-refractivity contribution < 1.29 is 9.47 Å². The predicted octanol–water partition coefficient (Wildman–Crippen LogP) is 1.05. The Bertz CT molecular complexity index is 360. The maximum Gasteiger partial charge on any atom is 0.229 e. The fourth-order valence-electron chi connectivity index (χ4n) is 1.57. The van der Waals surface area contributed by atoms with Gasteiger partial charge in [0.25, 0.3) is 0 Å². The Balaban J connectivity index is 1.75. The third-order valence-corrected chi connectivity index (χ3v) is 2.74. The molecule has 0 unspecified atom stereocenters. The van der Waals surface area contributed by atoms with Gasteiger partial charge in [-0.3, -0.25) is 0 Å². The summed E-state index contributed by atoms with van der Waals surface area (Å²) in [5.41, 5.74) is 0. The summed E-state index contributed by atoms with van der Waals surface area (Å²) in [6.07, 6.45) is 3.69. The van der Waals surface area contributed by atoms with E-state index in [2.05, 4.69) is 20.6 Å². The molecule has 1 aliphatic rings. The molecule has 2 rings (SSSR count). The standard InChI is InChI=1S/C12H20N4O2/c1-17-10-8-11(18-2)16-12(15-10)14-7-3-6-13-9-4-5-9/h8-9,13H,3-7H2,1-2H3,(H,14,15,16). The molecule has 1 saturated carbocycles. The molecule has 1 aromatic heterocycles. The molecule has 6 nitrogen and oxygen atoms in total. The van der Waals surface area contributed by atoms with Crippen LogP contribution in [-0.4, -0.2) is 43.3 Å². The first-order valence-electron chi connectivity index (χ1n) is 6.26.